The Hall–Kier alpha value is -0.782. The number of hydrogen-bond donors (Lipinski definition) is 0. The first-order valence-corrected chi connectivity index (χ1v) is 12.2. The van der Waals surface area contributed by atoms with Crippen LogP contribution in [0.5, 0.6) is 11.5 Å². The number of aromatic nitrogens is 1. The van der Waals surface area contributed by atoms with Crippen LogP contribution in [-0.4, -0.2) is 33.9 Å². The molecule has 1 aromatic carbocycles. The molecule has 0 bridgehead atoms. The summed E-state index contributed by atoms with van der Waals surface area (Å²) in [4.78, 5) is 3.89. The van der Waals surface area contributed by atoms with Gasteiger partial charge in [-0.05, 0) is 0 Å². The molecule has 1 atom stereocenters. The molecule has 1 heterocycles. The number of nitrogens with zero attached hydrogens (tertiary/aromatic N) is 1. The molecule has 29 heavy (non-hydrogen) atoms. The maximum atomic E-state index is 12.5. The molecule has 0 saturated carbocycles. The molecule has 2 rings (SSSR count). The van der Waals surface area contributed by atoms with E-state index in [1.807, 2.05) is 0 Å². The Morgan fingerprint density at radius 1 is 1.10 bits per heavy atom. The summed E-state index contributed by atoms with van der Waals surface area (Å²) in [5.41, 5.74) is -0.741. The Labute approximate surface area is 192 Å². The Kier molecular flexibility index (Phi) is 9.77. The van der Waals surface area contributed by atoms with Gasteiger partial charge in [-0.2, -0.15) is 0 Å². The van der Waals surface area contributed by atoms with Gasteiger partial charge in [-0.15, -0.1) is 0 Å². The zero-order chi connectivity index (χ0) is 21.4. The molecule has 2 aromatic rings. The monoisotopic (exact) mass is 549 g/mol. The first-order valence-electron chi connectivity index (χ1n) is 8.19. The number of halogens is 7. The van der Waals surface area contributed by atoms with Gasteiger partial charge >= 0.3 is 170 Å². The fraction of sp³-hybridized carbons (Fsp3) is 0.278. The van der Waals surface area contributed by atoms with E-state index in [1.165, 1.54) is 12.1 Å². The van der Waals surface area contributed by atoms with Gasteiger partial charge in [0, 0.05) is 0 Å². The Bertz CT molecular complexity index is 821. The zero-order valence-electron chi connectivity index (χ0n) is 14.7. The topological polar surface area (TPSA) is 31.4 Å². The molecule has 3 nitrogen and oxygen atoms in total. The quantitative estimate of drug-likeness (QED) is 0.281. The van der Waals surface area contributed by atoms with Gasteiger partial charge in [-0.25, -0.2) is 0 Å². The van der Waals surface area contributed by atoms with Crippen LogP contribution in [-0.2, 0) is 6.18 Å². The van der Waals surface area contributed by atoms with Gasteiger partial charge in [0.15, 0.2) is 0 Å². The van der Waals surface area contributed by atoms with Crippen molar-refractivity contribution in [3.05, 3.63) is 56.6 Å². The van der Waals surface area contributed by atoms with E-state index >= 15 is 0 Å². The van der Waals surface area contributed by atoms with E-state index in [2.05, 4.69) is 4.98 Å². The summed E-state index contributed by atoms with van der Waals surface area (Å²) >= 11 is 22.7. The van der Waals surface area contributed by atoms with Crippen molar-refractivity contribution in [2.45, 2.75) is 17.8 Å². The predicted molar refractivity (Wildman–Crippen MR) is 113 cm³/mol. The van der Waals surface area contributed by atoms with E-state index in [-0.39, 0.29) is 11.1 Å². The fourth-order valence-electron chi connectivity index (χ4n) is 2.09. The number of pyridine rings is 1. The van der Waals surface area contributed by atoms with Crippen molar-refractivity contribution in [1.82, 2.24) is 4.98 Å². The SMILES string of the molecule is FC(F)(F)c1ccc([AsH]CCCOc2c(Cl)cc(OCC=C(Cl)Cl)cc2Cl)nc1. The summed E-state index contributed by atoms with van der Waals surface area (Å²) in [5.74, 6) is 0.789. The number of alkyl halides is 3. The standard InChI is InChI=1S/C18H15AsCl4F3NO2/c20-13-8-12(28-7-4-16(22)23)9-14(21)17(13)29-6-1-5-19-15-3-2-11(10-27-15)18(24,25)26/h2-4,8-10,19H,1,5-7H2. The number of rotatable bonds is 9. The van der Waals surface area contributed by atoms with Crippen LogP contribution in [0.1, 0.15) is 12.0 Å². The summed E-state index contributed by atoms with van der Waals surface area (Å²) in [6.45, 7) is 0.533. The molecular formula is C18H15AsCl4F3NO2. The third-order valence-corrected chi connectivity index (χ3v) is 6.94. The van der Waals surface area contributed by atoms with E-state index < -0.39 is 27.5 Å². The van der Waals surface area contributed by atoms with Gasteiger partial charge in [-0.3, -0.25) is 0 Å². The molecule has 0 aliphatic heterocycles. The van der Waals surface area contributed by atoms with Gasteiger partial charge in [0.25, 0.3) is 0 Å². The molecule has 0 saturated heterocycles. The van der Waals surface area contributed by atoms with Crippen molar-refractivity contribution in [3.63, 3.8) is 0 Å². The normalized spacial score (nSPS) is 11.7. The van der Waals surface area contributed by atoms with Gasteiger partial charge < -0.3 is 0 Å². The third-order valence-electron chi connectivity index (χ3n) is 3.42. The van der Waals surface area contributed by atoms with Gasteiger partial charge in [0.1, 0.15) is 0 Å². The molecule has 1 unspecified atom stereocenters. The molecule has 1 aromatic heterocycles. The summed E-state index contributed by atoms with van der Waals surface area (Å²) in [6, 6.07) is 5.63. The Morgan fingerprint density at radius 3 is 2.34 bits per heavy atom. The van der Waals surface area contributed by atoms with Crippen LogP contribution in [0.3, 0.4) is 0 Å². The average Bonchev–Trinajstić information content (AvgIpc) is 2.62. The Morgan fingerprint density at radius 2 is 1.79 bits per heavy atom. The van der Waals surface area contributed by atoms with Crippen LogP contribution in [0, 0.1) is 0 Å². The summed E-state index contributed by atoms with van der Waals surface area (Å²) < 4.78 is 49.4. The first kappa shape index (κ1) is 24.5. The number of ether oxygens (including phenoxy) is 2. The van der Waals surface area contributed by atoms with Crippen LogP contribution >= 0.6 is 46.4 Å². The van der Waals surface area contributed by atoms with Crippen LogP contribution in [0.25, 0.3) is 0 Å². The van der Waals surface area contributed by atoms with Crippen molar-refractivity contribution >= 4 is 66.6 Å². The molecule has 0 aliphatic rings. The van der Waals surface area contributed by atoms with E-state index in [4.69, 9.17) is 55.9 Å². The van der Waals surface area contributed by atoms with Crippen LogP contribution < -0.4 is 14.0 Å². The van der Waals surface area contributed by atoms with Gasteiger partial charge in [-0.1, -0.05) is 23.2 Å². The average molecular weight is 551 g/mol. The van der Waals surface area contributed by atoms with E-state index in [9.17, 15) is 13.2 Å². The molecule has 0 fully saturated rings. The van der Waals surface area contributed by atoms with E-state index in [1.54, 1.807) is 12.1 Å². The second-order valence-electron chi connectivity index (χ2n) is 5.58. The molecular weight excluding hydrogens is 536 g/mol. The van der Waals surface area contributed by atoms with Gasteiger partial charge in [0.05, 0.1) is 0 Å². The first-order chi connectivity index (χ1) is 13.7. The molecule has 0 amide bonds. The second kappa shape index (κ2) is 11.6. The van der Waals surface area contributed by atoms with E-state index in [0.29, 0.717) is 39.1 Å². The molecule has 158 valence electrons. The number of hydrogen-bond acceptors (Lipinski definition) is 3. The van der Waals surface area contributed by atoms with E-state index in [0.717, 1.165) is 17.5 Å². The third kappa shape index (κ3) is 8.47. The van der Waals surface area contributed by atoms with Crippen molar-refractivity contribution in [2.24, 2.45) is 0 Å². The molecule has 0 aliphatic carbocycles. The van der Waals surface area contributed by atoms with Crippen molar-refractivity contribution in [1.29, 1.82) is 0 Å². The van der Waals surface area contributed by atoms with Crippen molar-refractivity contribution in [2.75, 3.05) is 13.2 Å². The summed E-state index contributed by atoms with van der Waals surface area (Å²) in [5, 5.41) is 1.41. The fourth-order valence-corrected chi connectivity index (χ4v) is 4.75. The summed E-state index contributed by atoms with van der Waals surface area (Å²) in [6.07, 6.45) is -1.32. The minimum atomic E-state index is -4.37. The molecule has 11 heteroatoms. The maximum absolute atomic E-state index is 12.5. The van der Waals surface area contributed by atoms with Crippen LogP contribution in [0.2, 0.25) is 15.3 Å². The molecule has 0 spiro atoms. The Balaban J connectivity index is 1.79. The van der Waals surface area contributed by atoms with Crippen LogP contribution in [0.4, 0.5) is 13.2 Å². The minimum absolute atomic E-state index is 0.0943. The van der Waals surface area contributed by atoms with Crippen molar-refractivity contribution in [3.8, 4) is 11.5 Å². The van der Waals surface area contributed by atoms with Gasteiger partial charge in [0.2, 0.25) is 0 Å². The predicted octanol–water partition coefficient (Wildman–Crippen LogP) is 6.05. The van der Waals surface area contributed by atoms with Crippen molar-refractivity contribution < 1.29 is 22.6 Å². The zero-order valence-corrected chi connectivity index (χ0v) is 19.8. The number of benzene rings is 1. The second-order valence-corrected chi connectivity index (χ2v) is 10.3. The van der Waals surface area contributed by atoms with Crippen LogP contribution in [0.15, 0.2) is 41.0 Å². The summed E-state index contributed by atoms with van der Waals surface area (Å²) in [7, 11) is 0. The molecule has 0 N–H and O–H groups in total. The molecule has 0 radical (unpaired) electrons.